The van der Waals surface area contributed by atoms with Crippen LogP contribution >= 0.6 is 11.6 Å². The molecule has 0 aromatic carbocycles. The number of nitrogens with one attached hydrogen (secondary N) is 1. The van der Waals surface area contributed by atoms with Gasteiger partial charge in [-0.2, -0.15) is 0 Å². The quantitative estimate of drug-likeness (QED) is 0.654. The molecule has 0 unspecified atom stereocenters. The van der Waals surface area contributed by atoms with Crippen molar-refractivity contribution in [3.63, 3.8) is 0 Å². The molecule has 1 aliphatic rings. The van der Waals surface area contributed by atoms with Crippen molar-refractivity contribution in [1.82, 2.24) is 9.97 Å². The molecule has 0 bridgehead atoms. The van der Waals surface area contributed by atoms with Crippen LogP contribution in [0.3, 0.4) is 0 Å². The molecule has 0 saturated carbocycles. The molecule has 3 N–H and O–H groups in total. The first-order valence-electron chi connectivity index (χ1n) is 5.92. The smallest absolute Gasteiger partial charge is 0.135 e. The van der Waals surface area contributed by atoms with E-state index < -0.39 is 0 Å². The van der Waals surface area contributed by atoms with Crippen LogP contribution in [0.25, 0.3) is 0 Å². The average Bonchev–Trinajstić information content (AvgIpc) is 2.39. The second-order valence-electron chi connectivity index (χ2n) is 4.07. The summed E-state index contributed by atoms with van der Waals surface area (Å²) in [4.78, 5) is 7.98. The van der Waals surface area contributed by atoms with Gasteiger partial charge in [-0.05, 0) is 42.3 Å². The second kappa shape index (κ2) is 6.20. The minimum absolute atomic E-state index is 0.403. The van der Waals surface area contributed by atoms with Gasteiger partial charge in [0.2, 0.25) is 0 Å². The molecule has 2 rings (SSSR count). The number of rotatable bonds is 4. The molecule has 1 aliphatic carbocycles. The number of nitrogens with zero attached hydrogens (tertiary/aromatic N) is 2. The Kier molecular flexibility index (Phi) is 4.36. The van der Waals surface area contributed by atoms with E-state index in [9.17, 15) is 0 Å². The maximum Gasteiger partial charge on any atom is 0.135 e. The van der Waals surface area contributed by atoms with Gasteiger partial charge in [-0.25, -0.2) is 9.97 Å². The molecule has 1 aromatic heterocycles. The van der Waals surface area contributed by atoms with Crippen LogP contribution in [-0.4, -0.2) is 9.97 Å². The van der Waals surface area contributed by atoms with E-state index in [1.807, 2.05) is 6.08 Å². The molecule has 0 spiro atoms. The van der Waals surface area contributed by atoms with Crippen molar-refractivity contribution in [3.8, 4) is 0 Å². The molecule has 98 valence electrons. The second-order valence-corrected chi connectivity index (χ2v) is 4.46. The van der Waals surface area contributed by atoms with Gasteiger partial charge in [0.05, 0.1) is 0 Å². The Labute approximate surface area is 117 Å². The lowest BCUT2D eigenvalue weighted by molar-refractivity contribution is 0.957. The van der Waals surface area contributed by atoms with Crippen LogP contribution in [0.2, 0.25) is 5.15 Å². The molecule has 4 nitrogen and oxygen atoms in total. The maximum atomic E-state index is 5.84. The van der Waals surface area contributed by atoms with Crippen LogP contribution in [0, 0.1) is 0 Å². The van der Waals surface area contributed by atoms with Crippen LogP contribution in [-0.2, 0) is 0 Å². The van der Waals surface area contributed by atoms with E-state index in [0.29, 0.717) is 11.0 Å². The van der Waals surface area contributed by atoms with Crippen LogP contribution < -0.4 is 11.1 Å². The van der Waals surface area contributed by atoms with Gasteiger partial charge in [-0.15, -0.1) is 0 Å². The molecule has 0 atom stereocenters. The van der Waals surface area contributed by atoms with Crippen molar-refractivity contribution in [3.05, 3.63) is 65.4 Å². The summed E-state index contributed by atoms with van der Waals surface area (Å²) in [6, 6.07) is 1.68. The molecule has 0 aliphatic heterocycles. The van der Waals surface area contributed by atoms with Crippen molar-refractivity contribution in [2.45, 2.75) is 12.8 Å². The zero-order chi connectivity index (χ0) is 13.7. The summed E-state index contributed by atoms with van der Waals surface area (Å²) in [5, 5.41) is 3.64. The van der Waals surface area contributed by atoms with Gasteiger partial charge in [0.25, 0.3) is 0 Å². The Bertz CT molecular complexity index is 573. The summed E-state index contributed by atoms with van der Waals surface area (Å²) in [7, 11) is 0. The summed E-state index contributed by atoms with van der Waals surface area (Å²) in [5.74, 6) is 0.656. The zero-order valence-electron chi connectivity index (χ0n) is 10.4. The Morgan fingerprint density at radius 1 is 1.47 bits per heavy atom. The third kappa shape index (κ3) is 3.45. The number of hydrogen-bond donors (Lipinski definition) is 2. The first-order valence-corrected chi connectivity index (χ1v) is 6.30. The monoisotopic (exact) mass is 274 g/mol. The SMILES string of the molecule is C=C(/C=C\N)C1=C(Nc2cc(Cl)ncn2)C=CCC1. The van der Waals surface area contributed by atoms with Crippen molar-refractivity contribution in [1.29, 1.82) is 0 Å². The first-order chi connectivity index (χ1) is 9.20. The molecule has 1 aromatic rings. The zero-order valence-corrected chi connectivity index (χ0v) is 11.2. The predicted octanol–water partition coefficient (Wildman–Crippen LogP) is 3.17. The van der Waals surface area contributed by atoms with Crippen molar-refractivity contribution in [2.24, 2.45) is 5.73 Å². The number of nitrogens with two attached hydrogens (primary N) is 1. The van der Waals surface area contributed by atoms with E-state index in [1.165, 1.54) is 12.5 Å². The molecule has 0 saturated heterocycles. The van der Waals surface area contributed by atoms with Gasteiger partial charge in [-0.1, -0.05) is 24.3 Å². The Hall–Kier alpha value is -2.07. The molecular weight excluding hydrogens is 260 g/mol. The van der Waals surface area contributed by atoms with E-state index in [1.54, 1.807) is 12.1 Å². The summed E-state index contributed by atoms with van der Waals surface area (Å²) >= 11 is 5.84. The van der Waals surface area contributed by atoms with Crippen LogP contribution in [0.4, 0.5) is 5.82 Å². The molecule has 0 amide bonds. The lowest BCUT2D eigenvalue weighted by atomic mass is 9.96. The Morgan fingerprint density at radius 3 is 3.05 bits per heavy atom. The minimum atomic E-state index is 0.403. The van der Waals surface area contributed by atoms with E-state index >= 15 is 0 Å². The molecule has 19 heavy (non-hydrogen) atoms. The highest BCUT2D eigenvalue weighted by molar-refractivity contribution is 6.29. The number of aromatic nitrogens is 2. The van der Waals surface area contributed by atoms with E-state index in [-0.39, 0.29) is 0 Å². The average molecular weight is 275 g/mol. The van der Waals surface area contributed by atoms with Crippen molar-refractivity contribution in [2.75, 3.05) is 5.32 Å². The molecule has 0 fully saturated rings. The normalized spacial score (nSPS) is 15.0. The third-order valence-corrected chi connectivity index (χ3v) is 2.96. The van der Waals surface area contributed by atoms with Crippen LogP contribution in [0.5, 0.6) is 0 Å². The fourth-order valence-electron chi connectivity index (χ4n) is 1.87. The molecule has 1 heterocycles. The number of hydrogen-bond acceptors (Lipinski definition) is 4. The Morgan fingerprint density at radius 2 is 2.32 bits per heavy atom. The lowest BCUT2D eigenvalue weighted by Crippen LogP contribution is -2.07. The van der Waals surface area contributed by atoms with Gasteiger partial charge in [-0.3, -0.25) is 0 Å². The van der Waals surface area contributed by atoms with E-state index in [2.05, 4.69) is 27.9 Å². The van der Waals surface area contributed by atoms with Gasteiger partial charge >= 0.3 is 0 Å². The minimum Gasteiger partial charge on any atom is -0.405 e. The highest BCUT2D eigenvalue weighted by Gasteiger charge is 2.11. The van der Waals surface area contributed by atoms with Gasteiger partial charge in [0, 0.05) is 11.8 Å². The van der Waals surface area contributed by atoms with Crippen molar-refractivity contribution >= 4 is 17.4 Å². The third-order valence-electron chi connectivity index (χ3n) is 2.75. The highest BCUT2D eigenvalue weighted by atomic mass is 35.5. The maximum absolute atomic E-state index is 5.84. The van der Waals surface area contributed by atoms with Crippen molar-refractivity contribution < 1.29 is 0 Å². The molecule has 5 heteroatoms. The predicted molar refractivity (Wildman–Crippen MR) is 78.5 cm³/mol. The number of halogens is 1. The van der Waals surface area contributed by atoms with Crippen LogP contribution in [0.1, 0.15) is 12.8 Å². The lowest BCUT2D eigenvalue weighted by Gasteiger charge is -2.17. The summed E-state index contributed by atoms with van der Waals surface area (Å²) in [5.41, 5.74) is 8.40. The van der Waals surface area contributed by atoms with Gasteiger partial charge in [0.15, 0.2) is 0 Å². The summed E-state index contributed by atoms with van der Waals surface area (Å²) in [6.07, 6.45) is 10.7. The fraction of sp³-hybridized carbons (Fsp3) is 0.143. The number of allylic oxidation sites excluding steroid dienone is 5. The standard InChI is InChI=1S/C14H15ClN4/c1-10(6-7-16)11-4-2-3-5-12(11)19-14-8-13(15)17-9-18-14/h3,5-9H,1-2,4,16H2,(H,17,18,19)/b7-6-. The summed E-state index contributed by atoms with van der Waals surface area (Å²) in [6.45, 7) is 4.02. The fourth-order valence-corrected chi connectivity index (χ4v) is 2.02. The van der Waals surface area contributed by atoms with E-state index in [0.717, 1.165) is 29.7 Å². The number of anilines is 1. The molecule has 0 radical (unpaired) electrons. The largest absolute Gasteiger partial charge is 0.405 e. The van der Waals surface area contributed by atoms with Gasteiger partial charge < -0.3 is 11.1 Å². The summed E-state index contributed by atoms with van der Waals surface area (Å²) < 4.78 is 0. The first kappa shape index (κ1) is 13.4. The van der Waals surface area contributed by atoms with Crippen LogP contribution in [0.15, 0.2) is 60.2 Å². The molecular formula is C14H15ClN4. The van der Waals surface area contributed by atoms with E-state index in [4.69, 9.17) is 17.3 Å². The topological polar surface area (TPSA) is 63.8 Å². The highest BCUT2D eigenvalue weighted by Crippen LogP contribution is 2.26. The van der Waals surface area contributed by atoms with Gasteiger partial charge in [0.1, 0.15) is 17.3 Å². The Balaban J connectivity index is 2.29.